The molecule has 1 unspecified atom stereocenters. The first-order chi connectivity index (χ1) is 20.5. The summed E-state index contributed by atoms with van der Waals surface area (Å²) in [5.74, 6) is 1.27. The van der Waals surface area contributed by atoms with Gasteiger partial charge in [0.15, 0.2) is 0 Å². The Bertz CT molecular complexity index is 1360. The van der Waals surface area contributed by atoms with Gasteiger partial charge in [-0.05, 0) is 86.8 Å². The van der Waals surface area contributed by atoms with Crippen LogP contribution in [0.3, 0.4) is 0 Å². The number of hydrogen-bond acceptors (Lipinski definition) is 2. The molecule has 0 fully saturated rings. The Kier molecular flexibility index (Phi) is 15.3. The van der Waals surface area contributed by atoms with Gasteiger partial charge in [0, 0.05) is 11.8 Å². The fraction of sp³-hybridized carbons (Fsp3) is 0.410. The summed E-state index contributed by atoms with van der Waals surface area (Å²) in [6.45, 7) is 27.7. The standard InChI is InChI=1S/C39H51F3O2/c1-14-16-26(5)17-22-36(39(40,41)42)31(10)35-21-20-34(28(7)19-18-27(6)30(35)9)24-33(15-2)37(44-13)23-29(8)38(25(3)4)32(11)43-12/h14-22,25,28,33,38H,2,10-11,24H2,1,3-9,12-13H3/b16-14+,19-18-,26-17-,30-27+,34-20-,35-21+,36-22+/t23?,28?,33-,38-/m0/s1. The Morgan fingerprint density at radius 3 is 2.20 bits per heavy atom. The number of allylic oxidation sites excluding steroid dienone is 16. The molecule has 2 nitrogen and oxygen atoms in total. The van der Waals surface area contributed by atoms with E-state index in [4.69, 9.17) is 9.47 Å². The van der Waals surface area contributed by atoms with Crippen molar-refractivity contribution < 1.29 is 22.6 Å². The Balaban J connectivity index is 3.80. The van der Waals surface area contributed by atoms with Crippen LogP contribution in [0, 0.1) is 23.7 Å². The van der Waals surface area contributed by atoms with Gasteiger partial charge in [-0.15, -0.1) is 6.58 Å². The van der Waals surface area contributed by atoms with E-state index in [-0.39, 0.29) is 29.2 Å². The average molecular weight is 609 g/mol. The predicted molar refractivity (Wildman–Crippen MR) is 181 cm³/mol. The van der Waals surface area contributed by atoms with Crippen molar-refractivity contribution >= 4 is 0 Å². The summed E-state index contributed by atoms with van der Waals surface area (Å²) in [5, 5.41) is 0. The van der Waals surface area contributed by atoms with E-state index in [0.717, 1.165) is 28.4 Å². The van der Waals surface area contributed by atoms with E-state index in [0.29, 0.717) is 29.1 Å². The second kappa shape index (κ2) is 17.6. The van der Waals surface area contributed by atoms with Gasteiger partial charge in [-0.1, -0.05) is 99.4 Å². The SMILES string of the molecule is C=C[C@@H](C/C1=C/C=C(C(=C)\C(=C/C=C(C)\C=C\C)C(F)(F)F)\C(C)=C(C)\C=C/C1C)C(=C=C(C)[C@@H](C(=C)OC)C(C)C)OC. The highest BCUT2D eigenvalue weighted by Crippen LogP contribution is 2.38. The molecule has 240 valence electrons. The lowest BCUT2D eigenvalue weighted by Gasteiger charge is -2.23. The van der Waals surface area contributed by atoms with Gasteiger partial charge in [0.05, 0.1) is 25.6 Å². The normalized spacial score (nSPS) is 22.7. The molecule has 5 heteroatoms. The minimum atomic E-state index is -4.58. The van der Waals surface area contributed by atoms with Crippen molar-refractivity contribution in [3.05, 3.63) is 136 Å². The number of halogens is 3. The summed E-state index contributed by atoms with van der Waals surface area (Å²) in [4.78, 5) is 0. The molecule has 0 radical (unpaired) electrons. The number of rotatable bonds is 13. The van der Waals surface area contributed by atoms with Crippen molar-refractivity contribution in [3.63, 3.8) is 0 Å². The zero-order valence-corrected chi connectivity index (χ0v) is 28.3. The summed E-state index contributed by atoms with van der Waals surface area (Å²) >= 11 is 0. The van der Waals surface area contributed by atoms with E-state index in [2.05, 4.69) is 52.3 Å². The summed E-state index contributed by atoms with van der Waals surface area (Å²) in [6, 6.07) is 0. The minimum absolute atomic E-state index is 0.00738. The summed E-state index contributed by atoms with van der Waals surface area (Å²) < 4.78 is 54.2. The lowest BCUT2D eigenvalue weighted by molar-refractivity contribution is -0.0890. The van der Waals surface area contributed by atoms with Crippen LogP contribution >= 0.6 is 0 Å². The second-order valence-electron chi connectivity index (χ2n) is 11.6. The average Bonchev–Trinajstić information content (AvgIpc) is 2.99. The molecule has 1 aliphatic rings. The van der Waals surface area contributed by atoms with Crippen LogP contribution in [0.4, 0.5) is 13.2 Å². The number of ether oxygens (including phenoxy) is 2. The first kappa shape index (κ1) is 38.3. The monoisotopic (exact) mass is 608 g/mol. The van der Waals surface area contributed by atoms with E-state index in [1.54, 1.807) is 39.4 Å². The van der Waals surface area contributed by atoms with Crippen molar-refractivity contribution in [2.45, 2.75) is 68.0 Å². The largest absolute Gasteiger partial charge is 0.501 e. The molecule has 1 rings (SSSR count). The van der Waals surface area contributed by atoms with Crippen molar-refractivity contribution in [2.75, 3.05) is 14.2 Å². The van der Waals surface area contributed by atoms with Crippen LogP contribution in [0.1, 0.15) is 61.8 Å². The van der Waals surface area contributed by atoms with Gasteiger partial charge >= 0.3 is 6.18 Å². The van der Waals surface area contributed by atoms with Crippen LogP contribution in [0.5, 0.6) is 0 Å². The molecule has 0 saturated carbocycles. The fourth-order valence-electron chi connectivity index (χ4n) is 5.19. The summed E-state index contributed by atoms with van der Waals surface area (Å²) in [7, 11) is 3.22. The van der Waals surface area contributed by atoms with Crippen LogP contribution in [-0.2, 0) is 9.47 Å². The highest BCUT2D eigenvalue weighted by Gasteiger charge is 2.36. The maximum absolute atomic E-state index is 14.3. The third kappa shape index (κ3) is 10.8. The molecule has 1 aliphatic carbocycles. The molecular weight excluding hydrogens is 557 g/mol. The zero-order chi connectivity index (χ0) is 33.8. The maximum atomic E-state index is 14.3. The Morgan fingerprint density at radius 1 is 1.07 bits per heavy atom. The molecular formula is C39H51F3O2. The number of alkyl halides is 3. The van der Waals surface area contributed by atoms with Gasteiger partial charge in [0.1, 0.15) is 5.76 Å². The molecule has 44 heavy (non-hydrogen) atoms. The molecule has 0 heterocycles. The Labute approximate surface area is 264 Å². The Morgan fingerprint density at radius 2 is 1.70 bits per heavy atom. The van der Waals surface area contributed by atoms with Crippen LogP contribution in [0.15, 0.2) is 136 Å². The highest BCUT2D eigenvalue weighted by molar-refractivity contribution is 5.60. The lowest BCUT2D eigenvalue weighted by atomic mass is 9.86. The summed E-state index contributed by atoms with van der Waals surface area (Å²) in [5.41, 5.74) is 7.27. The zero-order valence-electron chi connectivity index (χ0n) is 28.3. The first-order valence-electron chi connectivity index (χ1n) is 14.9. The Hall–Kier alpha value is -3.69. The van der Waals surface area contributed by atoms with E-state index < -0.39 is 11.7 Å². The molecule has 0 bridgehead atoms. The molecule has 0 aromatic heterocycles. The van der Waals surface area contributed by atoms with Gasteiger partial charge < -0.3 is 9.47 Å². The van der Waals surface area contributed by atoms with Gasteiger partial charge in [0.25, 0.3) is 0 Å². The maximum Gasteiger partial charge on any atom is 0.416 e. The van der Waals surface area contributed by atoms with Crippen LogP contribution in [0.2, 0.25) is 0 Å². The van der Waals surface area contributed by atoms with Crippen molar-refractivity contribution in [2.24, 2.45) is 23.7 Å². The van der Waals surface area contributed by atoms with Gasteiger partial charge in [-0.2, -0.15) is 13.2 Å². The quantitative estimate of drug-likeness (QED) is 0.0896. The molecule has 0 N–H and O–H groups in total. The third-order valence-corrected chi connectivity index (χ3v) is 7.94. The predicted octanol–water partition coefficient (Wildman–Crippen LogP) is 11.6. The second-order valence-corrected chi connectivity index (χ2v) is 11.6. The first-order valence-corrected chi connectivity index (χ1v) is 14.9. The van der Waals surface area contributed by atoms with E-state index in [1.165, 1.54) is 6.08 Å². The van der Waals surface area contributed by atoms with E-state index in [1.807, 2.05) is 45.9 Å². The lowest BCUT2D eigenvalue weighted by Crippen LogP contribution is -2.15. The molecule has 0 aromatic carbocycles. The smallest absolute Gasteiger partial charge is 0.416 e. The fourth-order valence-corrected chi connectivity index (χ4v) is 5.19. The van der Waals surface area contributed by atoms with E-state index in [9.17, 15) is 13.2 Å². The van der Waals surface area contributed by atoms with E-state index >= 15 is 0 Å². The number of hydrogen-bond donors (Lipinski definition) is 0. The molecule has 0 saturated heterocycles. The van der Waals surface area contributed by atoms with Crippen molar-refractivity contribution in [3.8, 4) is 0 Å². The topological polar surface area (TPSA) is 18.5 Å². The van der Waals surface area contributed by atoms with Crippen LogP contribution in [-0.4, -0.2) is 20.4 Å². The van der Waals surface area contributed by atoms with Crippen molar-refractivity contribution in [1.82, 2.24) is 0 Å². The molecule has 0 aliphatic heterocycles. The molecule has 0 amide bonds. The van der Waals surface area contributed by atoms with Crippen LogP contribution < -0.4 is 0 Å². The molecule has 3 atom stereocenters. The summed E-state index contributed by atoms with van der Waals surface area (Å²) in [6.07, 6.45) is 11.6. The van der Waals surface area contributed by atoms with Crippen LogP contribution in [0.25, 0.3) is 0 Å². The molecule has 0 aromatic rings. The van der Waals surface area contributed by atoms with Gasteiger partial charge in [0.2, 0.25) is 0 Å². The third-order valence-electron chi connectivity index (χ3n) is 7.94. The van der Waals surface area contributed by atoms with Crippen molar-refractivity contribution in [1.29, 1.82) is 0 Å². The molecule has 0 spiro atoms. The number of methoxy groups -OCH3 is 2. The highest BCUT2D eigenvalue weighted by atomic mass is 19.4. The van der Waals surface area contributed by atoms with Gasteiger partial charge in [-0.3, -0.25) is 0 Å². The minimum Gasteiger partial charge on any atom is -0.501 e. The van der Waals surface area contributed by atoms with Gasteiger partial charge in [-0.25, -0.2) is 0 Å².